The number of hydrogen-bond donors (Lipinski definition) is 2. The molecule has 1 aromatic rings. The van der Waals surface area contributed by atoms with Gasteiger partial charge in [-0.25, -0.2) is 0 Å². The number of aromatic nitrogens is 2. The van der Waals surface area contributed by atoms with E-state index >= 15 is 0 Å². The smallest absolute Gasteiger partial charge is 0.276 e. The average Bonchev–Trinajstić information content (AvgIpc) is 2.97. The van der Waals surface area contributed by atoms with Gasteiger partial charge in [0.25, 0.3) is 5.91 Å². The number of nitrogen functional groups attached to an aromatic ring is 1. The van der Waals surface area contributed by atoms with E-state index in [1.165, 1.54) is 0 Å². The van der Waals surface area contributed by atoms with Crippen LogP contribution in [0, 0.1) is 5.92 Å². The van der Waals surface area contributed by atoms with Crippen molar-refractivity contribution in [3.05, 3.63) is 11.4 Å². The molecule has 2 heterocycles. The van der Waals surface area contributed by atoms with Gasteiger partial charge in [0.1, 0.15) is 0 Å². The van der Waals surface area contributed by atoms with Crippen LogP contribution < -0.4 is 5.73 Å². The molecule has 1 amide bonds. The molecule has 1 aromatic heterocycles. The van der Waals surface area contributed by atoms with Gasteiger partial charge in [-0.2, -0.15) is 5.10 Å². The number of aromatic amines is 1. The number of aryl methyl sites for hydroxylation is 1. The van der Waals surface area contributed by atoms with Gasteiger partial charge in [0.2, 0.25) is 0 Å². The molecule has 1 aliphatic heterocycles. The van der Waals surface area contributed by atoms with Crippen molar-refractivity contribution in [1.29, 1.82) is 0 Å². The number of nitrogens with two attached hydrogens (primary N) is 1. The number of likely N-dealkylation sites (tertiary alicyclic amines) is 1. The number of amides is 1. The molecule has 19 heavy (non-hydrogen) atoms. The van der Waals surface area contributed by atoms with Crippen molar-refractivity contribution in [3.63, 3.8) is 0 Å². The van der Waals surface area contributed by atoms with Crippen molar-refractivity contribution >= 4 is 11.6 Å². The topological polar surface area (TPSA) is 75.0 Å². The Morgan fingerprint density at radius 2 is 2.32 bits per heavy atom. The van der Waals surface area contributed by atoms with Crippen molar-refractivity contribution in [1.82, 2.24) is 15.1 Å². The van der Waals surface area contributed by atoms with Gasteiger partial charge in [0, 0.05) is 12.6 Å². The molecule has 0 bridgehead atoms. The Labute approximate surface area is 114 Å². The Kier molecular flexibility index (Phi) is 4.12. The molecule has 1 saturated heterocycles. The van der Waals surface area contributed by atoms with Gasteiger partial charge < -0.3 is 10.6 Å². The lowest BCUT2D eigenvalue weighted by Crippen LogP contribution is -2.39. The molecule has 0 aromatic carbocycles. The summed E-state index contributed by atoms with van der Waals surface area (Å²) in [4.78, 5) is 14.5. The summed E-state index contributed by atoms with van der Waals surface area (Å²) in [6.07, 6.45) is 3.97. The average molecular weight is 264 g/mol. The van der Waals surface area contributed by atoms with Crippen LogP contribution >= 0.6 is 0 Å². The molecule has 106 valence electrons. The highest BCUT2D eigenvalue weighted by atomic mass is 16.2. The van der Waals surface area contributed by atoms with Gasteiger partial charge in [-0.05, 0) is 25.2 Å². The minimum absolute atomic E-state index is 0.0210. The molecule has 0 radical (unpaired) electrons. The van der Waals surface area contributed by atoms with Crippen LogP contribution in [0.3, 0.4) is 0 Å². The number of H-pyrrole nitrogens is 1. The molecule has 0 saturated carbocycles. The summed E-state index contributed by atoms with van der Waals surface area (Å²) in [5.41, 5.74) is 7.85. The number of hydrogen-bond acceptors (Lipinski definition) is 3. The molecule has 1 fully saturated rings. The van der Waals surface area contributed by atoms with Gasteiger partial charge in [-0.1, -0.05) is 27.2 Å². The summed E-state index contributed by atoms with van der Waals surface area (Å²) in [5, 5.41) is 7.03. The highest BCUT2D eigenvalue weighted by molar-refractivity contribution is 5.98. The fraction of sp³-hybridized carbons (Fsp3) is 0.714. The van der Waals surface area contributed by atoms with Crippen LogP contribution in [0.1, 0.15) is 56.2 Å². The summed E-state index contributed by atoms with van der Waals surface area (Å²) in [6, 6.07) is 0.318. The predicted octanol–water partition coefficient (Wildman–Crippen LogP) is 2.21. The van der Waals surface area contributed by atoms with Crippen molar-refractivity contribution in [2.24, 2.45) is 5.92 Å². The molecule has 3 N–H and O–H groups in total. The summed E-state index contributed by atoms with van der Waals surface area (Å²) in [6.45, 7) is 7.22. The molecule has 0 spiro atoms. The Hall–Kier alpha value is -1.52. The minimum Gasteiger partial charge on any atom is -0.395 e. The highest BCUT2D eigenvalue weighted by Crippen LogP contribution is 2.27. The number of carbonyl (C=O) groups excluding carboxylic acids is 1. The quantitative estimate of drug-likeness (QED) is 0.875. The van der Waals surface area contributed by atoms with E-state index in [4.69, 9.17) is 5.73 Å². The van der Waals surface area contributed by atoms with Crippen molar-refractivity contribution in [2.75, 3.05) is 12.3 Å². The third kappa shape index (κ3) is 2.60. The van der Waals surface area contributed by atoms with Crippen LogP contribution in [0.25, 0.3) is 0 Å². The van der Waals surface area contributed by atoms with Crippen molar-refractivity contribution in [3.8, 4) is 0 Å². The first-order valence-electron chi connectivity index (χ1n) is 7.19. The van der Waals surface area contributed by atoms with E-state index in [-0.39, 0.29) is 5.91 Å². The molecule has 5 nitrogen and oxygen atoms in total. The maximum Gasteiger partial charge on any atom is 0.276 e. The van der Waals surface area contributed by atoms with E-state index in [1.807, 2.05) is 4.90 Å². The SMILES string of the molecule is CCCc1[nH]nc(C(=O)N2CCCC2C(C)C)c1N. The summed E-state index contributed by atoms with van der Waals surface area (Å²) >= 11 is 0. The van der Waals surface area contributed by atoms with Crippen molar-refractivity contribution in [2.45, 2.75) is 52.5 Å². The fourth-order valence-electron chi connectivity index (χ4n) is 2.86. The van der Waals surface area contributed by atoms with E-state index in [2.05, 4.69) is 31.0 Å². The summed E-state index contributed by atoms with van der Waals surface area (Å²) in [7, 11) is 0. The van der Waals surface area contributed by atoms with Crippen molar-refractivity contribution < 1.29 is 4.79 Å². The zero-order valence-electron chi connectivity index (χ0n) is 12.1. The first-order valence-corrected chi connectivity index (χ1v) is 7.19. The van der Waals surface area contributed by atoms with Crippen LogP contribution in [-0.4, -0.2) is 33.6 Å². The normalized spacial score (nSPS) is 19.4. The summed E-state index contributed by atoms with van der Waals surface area (Å²) in [5.74, 6) is 0.453. The minimum atomic E-state index is -0.0210. The molecule has 0 aliphatic carbocycles. The number of rotatable bonds is 4. The number of nitrogens with zero attached hydrogens (tertiary/aromatic N) is 2. The molecule has 1 atom stereocenters. The second-order valence-corrected chi connectivity index (χ2v) is 5.67. The standard InChI is InChI=1S/C14H24N4O/c1-4-6-10-12(15)13(17-16-10)14(19)18-8-5-7-11(18)9(2)3/h9,11H,4-8,15H2,1-3H3,(H,16,17). The third-order valence-electron chi connectivity index (χ3n) is 3.92. The van der Waals surface area contributed by atoms with Gasteiger partial charge in [0.15, 0.2) is 5.69 Å². The van der Waals surface area contributed by atoms with E-state index in [0.29, 0.717) is 23.3 Å². The molecule has 2 rings (SSSR count). The molecule has 5 heteroatoms. The monoisotopic (exact) mass is 264 g/mol. The lowest BCUT2D eigenvalue weighted by atomic mass is 10.0. The Balaban J connectivity index is 2.19. The molecular weight excluding hydrogens is 240 g/mol. The van der Waals surface area contributed by atoms with Crippen LogP contribution in [-0.2, 0) is 6.42 Å². The Bertz CT molecular complexity index is 452. The number of carbonyl (C=O) groups is 1. The summed E-state index contributed by atoms with van der Waals surface area (Å²) < 4.78 is 0. The van der Waals surface area contributed by atoms with Gasteiger partial charge in [-0.3, -0.25) is 9.89 Å². The zero-order chi connectivity index (χ0) is 14.0. The van der Waals surface area contributed by atoms with E-state index in [0.717, 1.165) is 37.9 Å². The third-order valence-corrected chi connectivity index (χ3v) is 3.92. The largest absolute Gasteiger partial charge is 0.395 e. The number of nitrogens with one attached hydrogen (secondary N) is 1. The van der Waals surface area contributed by atoms with Gasteiger partial charge in [-0.15, -0.1) is 0 Å². The predicted molar refractivity (Wildman–Crippen MR) is 75.9 cm³/mol. The van der Waals surface area contributed by atoms with Gasteiger partial charge in [0.05, 0.1) is 11.4 Å². The maximum atomic E-state index is 12.6. The lowest BCUT2D eigenvalue weighted by molar-refractivity contribution is 0.0696. The van der Waals surface area contributed by atoms with Crippen LogP contribution in [0.15, 0.2) is 0 Å². The molecule has 1 aliphatic rings. The second kappa shape index (κ2) is 5.63. The zero-order valence-corrected chi connectivity index (χ0v) is 12.1. The van der Waals surface area contributed by atoms with E-state index < -0.39 is 0 Å². The first-order chi connectivity index (χ1) is 9.06. The van der Waals surface area contributed by atoms with Crippen LogP contribution in [0.2, 0.25) is 0 Å². The maximum absolute atomic E-state index is 12.6. The first kappa shape index (κ1) is 13.9. The fourth-order valence-corrected chi connectivity index (χ4v) is 2.86. The number of anilines is 1. The van der Waals surface area contributed by atoms with Gasteiger partial charge >= 0.3 is 0 Å². The van der Waals surface area contributed by atoms with E-state index in [9.17, 15) is 4.79 Å². The second-order valence-electron chi connectivity index (χ2n) is 5.67. The van der Waals surface area contributed by atoms with Crippen LogP contribution in [0.4, 0.5) is 5.69 Å². The molecule has 1 unspecified atom stereocenters. The van der Waals surface area contributed by atoms with Crippen LogP contribution in [0.5, 0.6) is 0 Å². The molecular formula is C14H24N4O. The Morgan fingerprint density at radius 1 is 1.58 bits per heavy atom. The van der Waals surface area contributed by atoms with E-state index in [1.54, 1.807) is 0 Å². The lowest BCUT2D eigenvalue weighted by Gasteiger charge is -2.27. The Morgan fingerprint density at radius 3 is 2.95 bits per heavy atom. The highest BCUT2D eigenvalue weighted by Gasteiger charge is 2.33.